The molecule has 0 heterocycles. The van der Waals surface area contributed by atoms with Gasteiger partial charge in [0.2, 0.25) is 10.0 Å². The first-order valence-electron chi connectivity index (χ1n) is 7.36. The van der Waals surface area contributed by atoms with Crippen molar-refractivity contribution in [2.75, 3.05) is 0 Å². The summed E-state index contributed by atoms with van der Waals surface area (Å²) in [5.41, 5.74) is 3.36. The highest BCUT2D eigenvalue weighted by Crippen LogP contribution is 2.27. The highest BCUT2D eigenvalue weighted by Gasteiger charge is 2.21. The van der Waals surface area contributed by atoms with Gasteiger partial charge < -0.3 is 0 Å². The molecular weight excluding hydrogens is 362 g/mol. The van der Waals surface area contributed by atoms with Crippen LogP contribution in [-0.4, -0.2) is 8.42 Å². The SMILES string of the molecule is CC(NS(=O)(=O)c1ccc2c(c1)CCC2)c1ccccc1Br. The number of hydrogen-bond acceptors (Lipinski definition) is 2. The van der Waals surface area contributed by atoms with Gasteiger partial charge in [0.05, 0.1) is 4.90 Å². The molecule has 0 fully saturated rings. The van der Waals surface area contributed by atoms with Gasteiger partial charge in [0.25, 0.3) is 0 Å². The summed E-state index contributed by atoms with van der Waals surface area (Å²) in [7, 11) is -3.52. The molecule has 3 rings (SSSR count). The van der Waals surface area contributed by atoms with Crippen LogP contribution in [0.25, 0.3) is 0 Å². The van der Waals surface area contributed by atoms with E-state index in [-0.39, 0.29) is 6.04 Å². The number of benzene rings is 2. The third-order valence-corrected chi connectivity index (χ3v) is 6.34. The van der Waals surface area contributed by atoms with Crippen molar-refractivity contribution in [3.8, 4) is 0 Å². The van der Waals surface area contributed by atoms with Crippen molar-refractivity contribution in [3.05, 3.63) is 63.6 Å². The molecule has 2 aromatic rings. The van der Waals surface area contributed by atoms with Crippen LogP contribution in [-0.2, 0) is 22.9 Å². The Hall–Kier alpha value is -1.17. The van der Waals surface area contributed by atoms with Crippen LogP contribution in [0, 0.1) is 0 Å². The number of hydrogen-bond donors (Lipinski definition) is 1. The van der Waals surface area contributed by atoms with Gasteiger partial charge in [-0.05, 0) is 61.1 Å². The first kappa shape index (κ1) is 15.7. The molecule has 1 aliphatic rings. The van der Waals surface area contributed by atoms with Crippen LogP contribution in [0.1, 0.15) is 36.1 Å². The van der Waals surface area contributed by atoms with Crippen molar-refractivity contribution in [2.45, 2.75) is 37.1 Å². The minimum Gasteiger partial charge on any atom is -0.207 e. The summed E-state index contributed by atoms with van der Waals surface area (Å²) in [6.07, 6.45) is 3.13. The van der Waals surface area contributed by atoms with Crippen LogP contribution in [0.3, 0.4) is 0 Å². The fourth-order valence-corrected chi connectivity index (χ4v) is 4.81. The zero-order valence-corrected chi connectivity index (χ0v) is 14.7. The lowest BCUT2D eigenvalue weighted by Gasteiger charge is -2.16. The Kier molecular flexibility index (Phi) is 4.39. The number of fused-ring (bicyclic) bond motifs is 1. The lowest BCUT2D eigenvalue weighted by Crippen LogP contribution is -2.27. The van der Waals surface area contributed by atoms with Crippen LogP contribution in [0.2, 0.25) is 0 Å². The van der Waals surface area contributed by atoms with Crippen molar-refractivity contribution in [2.24, 2.45) is 0 Å². The Labute approximate surface area is 139 Å². The summed E-state index contributed by atoms with van der Waals surface area (Å²) >= 11 is 3.47. The van der Waals surface area contributed by atoms with Crippen LogP contribution < -0.4 is 4.72 Å². The van der Waals surface area contributed by atoms with Gasteiger partial charge >= 0.3 is 0 Å². The van der Waals surface area contributed by atoms with E-state index in [1.165, 1.54) is 5.56 Å². The highest BCUT2D eigenvalue weighted by atomic mass is 79.9. The van der Waals surface area contributed by atoms with E-state index in [2.05, 4.69) is 20.7 Å². The standard InChI is InChI=1S/C17H18BrNO2S/c1-12(16-7-2-3-8-17(16)18)19-22(20,21)15-10-9-13-5-4-6-14(13)11-15/h2-3,7-12,19H,4-6H2,1H3. The van der Waals surface area contributed by atoms with E-state index in [0.29, 0.717) is 4.90 Å². The molecule has 0 bridgehead atoms. The summed E-state index contributed by atoms with van der Waals surface area (Å²) in [5.74, 6) is 0. The predicted octanol–water partition coefficient (Wildman–Crippen LogP) is 3.98. The molecule has 2 aromatic carbocycles. The Morgan fingerprint density at radius 3 is 2.59 bits per heavy atom. The van der Waals surface area contributed by atoms with Crippen LogP contribution in [0.5, 0.6) is 0 Å². The molecule has 22 heavy (non-hydrogen) atoms. The normalized spacial score (nSPS) is 15.5. The van der Waals surface area contributed by atoms with E-state index in [1.807, 2.05) is 43.3 Å². The van der Waals surface area contributed by atoms with E-state index in [0.717, 1.165) is 34.9 Å². The van der Waals surface area contributed by atoms with Crippen LogP contribution >= 0.6 is 15.9 Å². The topological polar surface area (TPSA) is 46.2 Å². The monoisotopic (exact) mass is 379 g/mol. The molecule has 0 amide bonds. The predicted molar refractivity (Wildman–Crippen MR) is 91.3 cm³/mol. The summed E-state index contributed by atoms with van der Waals surface area (Å²) in [4.78, 5) is 0.354. The van der Waals surface area contributed by atoms with E-state index in [1.54, 1.807) is 6.07 Å². The van der Waals surface area contributed by atoms with Crippen molar-refractivity contribution in [1.29, 1.82) is 0 Å². The fourth-order valence-electron chi connectivity index (χ4n) is 2.91. The van der Waals surface area contributed by atoms with Gasteiger partial charge in [-0.15, -0.1) is 0 Å². The summed E-state index contributed by atoms with van der Waals surface area (Å²) < 4.78 is 28.9. The van der Waals surface area contributed by atoms with Gasteiger partial charge in [-0.2, -0.15) is 0 Å². The van der Waals surface area contributed by atoms with E-state index in [9.17, 15) is 8.42 Å². The average molecular weight is 380 g/mol. The Morgan fingerprint density at radius 2 is 1.82 bits per heavy atom. The molecule has 116 valence electrons. The number of sulfonamides is 1. The molecule has 0 aliphatic heterocycles. The zero-order valence-electron chi connectivity index (χ0n) is 12.3. The molecule has 0 aromatic heterocycles. The average Bonchev–Trinajstić information content (AvgIpc) is 2.94. The molecule has 1 unspecified atom stereocenters. The first-order valence-corrected chi connectivity index (χ1v) is 9.63. The number of halogens is 1. The van der Waals surface area contributed by atoms with Crippen molar-refractivity contribution in [1.82, 2.24) is 4.72 Å². The first-order chi connectivity index (χ1) is 10.5. The van der Waals surface area contributed by atoms with Gasteiger partial charge in [-0.1, -0.05) is 40.2 Å². The zero-order chi connectivity index (χ0) is 15.7. The second kappa shape index (κ2) is 6.14. The van der Waals surface area contributed by atoms with Gasteiger partial charge in [0.15, 0.2) is 0 Å². The maximum Gasteiger partial charge on any atom is 0.241 e. The second-order valence-corrected chi connectivity index (χ2v) is 8.22. The fraction of sp³-hybridized carbons (Fsp3) is 0.294. The Balaban J connectivity index is 1.86. The Morgan fingerprint density at radius 1 is 1.09 bits per heavy atom. The van der Waals surface area contributed by atoms with Gasteiger partial charge in [0, 0.05) is 10.5 Å². The van der Waals surface area contributed by atoms with Gasteiger partial charge in [0.1, 0.15) is 0 Å². The van der Waals surface area contributed by atoms with E-state index in [4.69, 9.17) is 0 Å². The molecule has 0 saturated carbocycles. The van der Waals surface area contributed by atoms with Gasteiger partial charge in [-0.25, -0.2) is 13.1 Å². The summed E-state index contributed by atoms with van der Waals surface area (Å²) in [5, 5.41) is 0. The molecule has 3 nitrogen and oxygen atoms in total. The largest absolute Gasteiger partial charge is 0.241 e. The molecule has 5 heteroatoms. The third kappa shape index (κ3) is 3.12. The third-order valence-electron chi connectivity index (χ3n) is 4.08. The number of aryl methyl sites for hydroxylation is 2. The van der Waals surface area contributed by atoms with E-state index < -0.39 is 10.0 Å². The summed E-state index contributed by atoms with van der Waals surface area (Å²) in [6, 6.07) is 12.8. The minimum atomic E-state index is -3.52. The highest BCUT2D eigenvalue weighted by molar-refractivity contribution is 9.10. The van der Waals surface area contributed by atoms with Gasteiger partial charge in [-0.3, -0.25) is 0 Å². The molecule has 0 spiro atoms. The quantitative estimate of drug-likeness (QED) is 0.872. The number of rotatable bonds is 4. The van der Waals surface area contributed by atoms with Crippen LogP contribution in [0.4, 0.5) is 0 Å². The lowest BCUT2D eigenvalue weighted by molar-refractivity contribution is 0.566. The maximum atomic E-state index is 12.6. The Bertz CT molecular complexity index is 802. The number of nitrogens with one attached hydrogen (secondary N) is 1. The lowest BCUT2D eigenvalue weighted by atomic mass is 10.1. The molecule has 0 radical (unpaired) electrons. The molecular formula is C17H18BrNO2S. The second-order valence-electron chi connectivity index (χ2n) is 5.65. The van der Waals surface area contributed by atoms with E-state index >= 15 is 0 Å². The van der Waals surface area contributed by atoms with Crippen LogP contribution in [0.15, 0.2) is 51.8 Å². The maximum absolute atomic E-state index is 12.6. The van der Waals surface area contributed by atoms with Crippen molar-refractivity contribution < 1.29 is 8.42 Å². The molecule has 1 N–H and O–H groups in total. The summed E-state index contributed by atoms with van der Waals surface area (Å²) in [6.45, 7) is 1.85. The smallest absolute Gasteiger partial charge is 0.207 e. The van der Waals surface area contributed by atoms with Crippen molar-refractivity contribution in [3.63, 3.8) is 0 Å². The molecule has 1 atom stereocenters. The minimum absolute atomic E-state index is 0.297. The van der Waals surface area contributed by atoms with Crippen molar-refractivity contribution >= 4 is 26.0 Å². The molecule has 1 aliphatic carbocycles. The molecule has 0 saturated heterocycles.